The van der Waals surface area contributed by atoms with Crippen molar-refractivity contribution in [2.75, 3.05) is 18.4 Å². The molecular weight excluding hydrogens is 394 g/mol. The molecule has 1 aromatic heterocycles. The van der Waals surface area contributed by atoms with Crippen molar-refractivity contribution >= 4 is 42.6 Å². The van der Waals surface area contributed by atoms with E-state index in [1.165, 1.54) is 15.6 Å². The molecule has 1 aliphatic rings. The smallest absolute Gasteiger partial charge is 0.243 e. The van der Waals surface area contributed by atoms with E-state index in [1.807, 2.05) is 25.1 Å². The van der Waals surface area contributed by atoms with Gasteiger partial charge in [-0.25, -0.2) is 13.4 Å². The van der Waals surface area contributed by atoms with Gasteiger partial charge in [-0.15, -0.1) is 0 Å². The molecule has 1 aliphatic heterocycles. The van der Waals surface area contributed by atoms with Crippen LogP contribution in [0.3, 0.4) is 0 Å². The minimum atomic E-state index is -3.50. The lowest BCUT2D eigenvalue weighted by molar-refractivity contribution is -0.120. The average Bonchev–Trinajstić information content (AvgIpc) is 3.12. The quantitative estimate of drug-likeness (QED) is 0.705. The summed E-state index contributed by atoms with van der Waals surface area (Å²) in [7, 11) is -3.50. The van der Waals surface area contributed by atoms with E-state index in [0.717, 1.165) is 15.8 Å². The second-order valence-electron chi connectivity index (χ2n) is 6.92. The van der Waals surface area contributed by atoms with Crippen molar-refractivity contribution in [2.24, 2.45) is 5.92 Å². The molecule has 0 aliphatic carbocycles. The maximum Gasteiger partial charge on any atom is 0.243 e. The Morgan fingerprint density at radius 2 is 1.82 bits per heavy atom. The topological polar surface area (TPSA) is 79.4 Å². The van der Waals surface area contributed by atoms with Gasteiger partial charge >= 0.3 is 0 Å². The molecular formula is C20H21N3O3S2. The maximum atomic E-state index is 12.7. The van der Waals surface area contributed by atoms with Gasteiger partial charge in [0.05, 0.1) is 15.1 Å². The van der Waals surface area contributed by atoms with Gasteiger partial charge in [-0.1, -0.05) is 41.7 Å². The van der Waals surface area contributed by atoms with Crippen molar-refractivity contribution in [3.63, 3.8) is 0 Å². The summed E-state index contributed by atoms with van der Waals surface area (Å²) < 4.78 is 27.9. The lowest BCUT2D eigenvalue weighted by Gasteiger charge is -2.30. The lowest BCUT2D eigenvalue weighted by Crippen LogP contribution is -2.41. The summed E-state index contributed by atoms with van der Waals surface area (Å²) in [5.74, 6) is -0.302. The zero-order valence-corrected chi connectivity index (χ0v) is 17.1. The second kappa shape index (κ2) is 7.62. The van der Waals surface area contributed by atoms with Crippen LogP contribution >= 0.6 is 11.3 Å². The number of benzene rings is 2. The van der Waals surface area contributed by atoms with Gasteiger partial charge in [0.2, 0.25) is 15.9 Å². The molecule has 8 heteroatoms. The Morgan fingerprint density at radius 3 is 2.50 bits per heavy atom. The largest absolute Gasteiger partial charge is 0.302 e. The highest BCUT2D eigenvalue weighted by Crippen LogP contribution is 2.29. The van der Waals surface area contributed by atoms with Crippen LogP contribution in [0, 0.1) is 12.8 Å². The number of nitrogens with one attached hydrogen (secondary N) is 1. The Kier molecular flexibility index (Phi) is 5.18. The maximum absolute atomic E-state index is 12.7. The van der Waals surface area contributed by atoms with Crippen LogP contribution in [0.2, 0.25) is 0 Å². The number of anilines is 1. The van der Waals surface area contributed by atoms with Crippen molar-refractivity contribution in [2.45, 2.75) is 24.7 Å². The van der Waals surface area contributed by atoms with Crippen molar-refractivity contribution in [1.82, 2.24) is 9.29 Å². The molecule has 0 bridgehead atoms. The van der Waals surface area contributed by atoms with E-state index >= 15 is 0 Å². The first-order chi connectivity index (χ1) is 13.4. The third-order valence-electron chi connectivity index (χ3n) is 5.06. The van der Waals surface area contributed by atoms with Gasteiger partial charge < -0.3 is 5.32 Å². The van der Waals surface area contributed by atoms with E-state index in [-0.39, 0.29) is 11.8 Å². The Morgan fingerprint density at radius 1 is 1.11 bits per heavy atom. The number of nitrogens with zero attached hydrogens (tertiary/aromatic N) is 2. The SMILES string of the molecule is Cc1cccc2sc(NC(=O)C3CCN(S(=O)(=O)c4ccccc4)CC3)nc12. The minimum absolute atomic E-state index is 0.0894. The number of hydrogen-bond donors (Lipinski definition) is 1. The molecule has 0 saturated carbocycles. The Balaban J connectivity index is 1.40. The van der Waals surface area contributed by atoms with Crippen molar-refractivity contribution < 1.29 is 13.2 Å². The highest BCUT2D eigenvalue weighted by molar-refractivity contribution is 7.89. The molecule has 0 unspecified atom stereocenters. The first-order valence-corrected chi connectivity index (χ1v) is 11.4. The first kappa shape index (κ1) is 19.0. The van der Waals surface area contributed by atoms with Crippen molar-refractivity contribution in [3.8, 4) is 0 Å². The monoisotopic (exact) mass is 415 g/mol. The number of fused-ring (bicyclic) bond motifs is 1. The molecule has 0 atom stereocenters. The third-order valence-corrected chi connectivity index (χ3v) is 7.91. The van der Waals surface area contributed by atoms with E-state index in [1.54, 1.807) is 30.3 Å². The van der Waals surface area contributed by atoms with Crippen LogP contribution in [-0.4, -0.2) is 36.7 Å². The third kappa shape index (κ3) is 3.67. The molecule has 1 amide bonds. The number of rotatable bonds is 4. The Hall–Kier alpha value is -2.29. The summed E-state index contributed by atoms with van der Waals surface area (Å²) in [6, 6.07) is 14.4. The van der Waals surface area contributed by atoms with E-state index in [2.05, 4.69) is 10.3 Å². The molecule has 3 aromatic rings. The van der Waals surface area contributed by atoms with Gasteiger partial charge in [-0.3, -0.25) is 4.79 Å². The fraction of sp³-hybridized carbons (Fsp3) is 0.300. The number of piperidine rings is 1. The number of thiazole rings is 1. The number of carbonyl (C=O) groups excluding carboxylic acids is 1. The van der Waals surface area contributed by atoms with Crippen molar-refractivity contribution in [3.05, 3.63) is 54.1 Å². The average molecular weight is 416 g/mol. The van der Waals surface area contributed by atoms with E-state index < -0.39 is 10.0 Å². The van der Waals surface area contributed by atoms with Crippen molar-refractivity contribution in [1.29, 1.82) is 0 Å². The molecule has 2 heterocycles. The van der Waals surface area contributed by atoms with Crippen LogP contribution in [0.4, 0.5) is 5.13 Å². The van der Waals surface area contributed by atoms with E-state index in [0.29, 0.717) is 36.0 Å². The van der Waals surface area contributed by atoms with Crippen LogP contribution in [0.1, 0.15) is 18.4 Å². The fourth-order valence-electron chi connectivity index (χ4n) is 3.45. The number of para-hydroxylation sites is 1. The predicted molar refractivity (Wildman–Crippen MR) is 111 cm³/mol. The highest BCUT2D eigenvalue weighted by atomic mass is 32.2. The van der Waals surface area contributed by atoms with Gasteiger partial charge in [-0.05, 0) is 43.5 Å². The molecule has 1 saturated heterocycles. The Bertz CT molecular complexity index is 1100. The van der Waals surface area contributed by atoms with Crippen LogP contribution < -0.4 is 5.32 Å². The minimum Gasteiger partial charge on any atom is -0.302 e. The van der Waals surface area contributed by atoms with E-state index in [4.69, 9.17) is 0 Å². The summed E-state index contributed by atoms with van der Waals surface area (Å²) in [4.78, 5) is 17.5. The second-order valence-corrected chi connectivity index (χ2v) is 9.89. The number of hydrogen-bond acceptors (Lipinski definition) is 5. The first-order valence-electron chi connectivity index (χ1n) is 9.17. The summed E-state index contributed by atoms with van der Waals surface area (Å²) in [5.41, 5.74) is 1.99. The normalized spacial score (nSPS) is 16.3. The van der Waals surface area contributed by atoms with Crippen LogP contribution in [0.5, 0.6) is 0 Å². The van der Waals surface area contributed by atoms with Crippen LogP contribution in [0.15, 0.2) is 53.4 Å². The fourth-order valence-corrected chi connectivity index (χ4v) is 5.88. The number of amides is 1. The standard InChI is InChI=1S/C20H21N3O3S2/c1-14-6-5-9-17-18(14)21-20(27-17)22-19(24)15-10-12-23(13-11-15)28(25,26)16-7-3-2-4-8-16/h2-9,15H,10-13H2,1H3,(H,21,22,24). The molecule has 0 spiro atoms. The number of aryl methyl sites for hydroxylation is 1. The number of sulfonamides is 1. The summed E-state index contributed by atoms with van der Waals surface area (Å²) in [6.45, 7) is 2.68. The van der Waals surface area contributed by atoms with Crippen LogP contribution in [0.25, 0.3) is 10.2 Å². The summed E-state index contributed by atoms with van der Waals surface area (Å²) >= 11 is 1.46. The van der Waals surface area contributed by atoms with Crippen LogP contribution in [-0.2, 0) is 14.8 Å². The molecule has 6 nitrogen and oxygen atoms in total. The number of aromatic nitrogens is 1. The zero-order valence-electron chi connectivity index (χ0n) is 15.5. The molecule has 0 radical (unpaired) electrons. The molecule has 28 heavy (non-hydrogen) atoms. The molecule has 1 N–H and O–H groups in total. The number of carbonyl (C=O) groups is 1. The zero-order chi connectivity index (χ0) is 19.7. The molecule has 2 aromatic carbocycles. The highest BCUT2D eigenvalue weighted by Gasteiger charge is 2.32. The van der Waals surface area contributed by atoms with Gasteiger partial charge in [0.15, 0.2) is 5.13 Å². The molecule has 1 fully saturated rings. The lowest BCUT2D eigenvalue weighted by atomic mass is 9.97. The molecule has 146 valence electrons. The van der Waals surface area contributed by atoms with Gasteiger partial charge in [0.25, 0.3) is 0 Å². The van der Waals surface area contributed by atoms with Gasteiger partial charge in [0, 0.05) is 19.0 Å². The predicted octanol–water partition coefficient (Wildman–Crippen LogP) is 3.64. The summed E-state index contributed by atoms with van der Waals surface area (Å²) in [6.07, 6.45) is 1.00. The Labute approximate surface area is 168 Å². The van der Waals surface area contributed by atoms with E-state index in [9.17, 15) is 13.2 Å². The van der Waals surface area contributed by atoms with Gasteiger partial charge in [-0.2, -0.15) is 4.31 Å². The van der Waals surface area contributed by atoms with Gasteiger partial charge in [0.1, 0.15) is 0 Å². The molecule has 4 rings (SSSR count). The summed E-state index contributed by atoms with van der Waals surface area (Å²) in [5, 5.41) is 3.51.